The molecule has 1 aliphatic heterocycles. The summed E-state index contributed by atoms with van der Waals surface area (Å²) in [5, 5.41) is 10.7. The van der Waals surface area contributed by atoms with Crippen LogP contribution in [0, 0.1) is 32.1 Å². The molecule has 138 valence electrons. The monoisotopic (exact) mass is 391 g/mol. The van der Waals surface area contributed by atoms with E-state index in [0.29, 0.717) is 40.3 Å². The van der Waals surface area contributed by atoms with Crippen molar-refractivity contribution in [2.24, 2.45) is 0 Å². The molecule has 0 atom stereocenters. The maximum Gasteiger partial charge on any atom is 0.333 e. The number of aromatic nitrogens is 1. The molecule has 1 aliphatic rings. The van der Waals surface area contributed by atoms with E-state index in [0.717, 1.165) is 16.8 Å². The Labute approximate surface area is 162 Å². The van der Waals surface area contributed by atoms with E-state index in [9.17, 15) is 14.9 Å². The maximum absolute atomic E-state index is 12.1. The first-order chi connectivity index (χ1) is 12.4. The van der Waals surface area contributed by atoms with Crippen LogP contribution in [-0.4, -0.2) is 46.4 Å². The van der Waals surface area contributed by atoms with Gasteiger partial charge >= 0.3 is 5.97 Å². The summed E-state index contributed by atoms with van der Waals surface area (Å²) in [6.45, 7) is 8.29. The number of nitrogens with zero attached hydrogens (tertiary/aromatic N) is 3. The summed E-state index contributed by atoms with van der Waals surface area (Å²) in [6.07, 6.45) is 1.36. The van der Waals surface area contributed by atoms with Gasteiger partial charge < -0.3 is 9.64 Å². The summed E-state index contributed by atoms with van der Waals surface area (Å²) in [5.41, 5.74) is 3.46. The van der Waals surface area contributed by atoms with Gasteiger partial charge in [-0.3, -0.25) is 4.79 Å². The number of carbonyl (C=O) groups excluding carboxylic acids is 2. The number of hydrogen-bond donors (Lipinski definition) is 0. The van der Waals surface area contributed by atoms with Gasteiger partial charge in [0, 0.05) is 18.0 Å². The molecule has 2 rings (SSSR count). The van der Waals surface area contributed by atoms with E-state index in [1.165, 1.54) is 29.6 Å². The van der Waals surface area contributed by atoms with Gasteiger partial charge in [-0.05, 0) is 38.8 Å². The van der Waals surface area contributed by atoms with Gasteiger partial charge in [0.15, 0.2) is 0 Å². The third kappa shape index (κ3) is 4.59. The summed E-state index contributed by atoms with van der Waals surface area (Å²) >= 11 is 2.78. The Hall–Kier alpha value is -1.98. The van der Waals surface area contributed by atoms with Crippen LogP contribution in [0.2, 0.25) is 0 Å². The van der Waals surface area contributed by atoms with Crippen LogP contribution in [0.1, 0.15) is 29.3 Å². The smallest absolute Gasteiger partial charge is 0.333 e. The number of thioether (sulfide) groups is 2. The van der Waals surface area contributed by atoms with Crippen molar-refractivity contribution in [1.82, 2.24) is 9.88 Å². The van der Waals surface area contributed by atoms with Gasteiger partial charge in [0.1, 0.15) is 11.1 Å². The van der Waals surface area contributed by atoms with Crippen molar-refractivity contribution < 1.29 is 14.3 Å². The summed E-state index contributed by atoms with van der Waals surface area (Å²) in [7, 11) is 0. The van der Waals surface area contributed by atoms with Crippen LogP contribution in [0.3, 0.4) is 0 Å². The van der Waals surface area contributed by atoms with Crippen molar-refractivity contribution in [3.63, 3.8) is 0 Å². The molecular formula is C18H21N3O3S2. The van der Waals surface area contributed by atoms with E-state index in [2.05, 4.69) is 11.1 Å². The molecular weight excluding hydrogens is 370 g/mol. The zero-order valence-corrected chi connectivity index (χ0v) is 16.9. The number of rotatable bonds is 6. The molecule has 0 unspecified atom stereocenters. The summed E-state index contributed by atoms with van der Waals surface area (Å²) in [4.78, 5) is 29.8. The quantitative estimate of drug-likeness (QED) is 0.419. The average molecular weight is 392 g/mol. The highest BCUT2D eigenvalue weighted by Gasteiger charge is 2.27. The lowest BCUT2D eigenvalue weighted by Crippen LogP contribution is -2.27. The van der Waals surface area contributed by atoms with Crippen molar-refractivity contribution in [1.29, 1.82) is 5.26 Å². The zero-order valence-electron chi connectivity index (χ0n) is 15.3. The standard InChI is InChI=1S/C18H21N3O3S2/c1-5-24-17(23)8-16-21(15(22)10-26-16)6-7-25-18-14(9-19)12(3)11(2)13(4)20-18/h8H,5-7,10H2,1-4H3/b16-8-. The molecule has 0 saturated carbocycles. The van der Waals surface area contributed by atoms with Crippen LogP contribution >= 0.6 is 23.5 Å². The number of pyridine rings is 1. The number of esters is 1. The zero-order chi connectivity index (χ0) is 19.3. The molecule has 1 aromatic heterocycles. The lowest BCUT2D eigenvalue weighted by molar-refractivity contribution is -0.137. The van der Waals surface area contributed by atoms with Gasteiger partial charge in [0.05, 0.1) is 29.0 Å². The summed E-state index contributed by atoms with van der Waals surface area (Å²) < 4.78 is 4.91. The highest BCUT2D eigenvalue weighted by atomic mass is 32.2. The van der Waals surface area contributed by atoms with Crippen LogP contribution < -0.4 is 0 Å². The van der Waals surface area contributed by atoms with Crippen LogP contribution in [0.15, 0.2) is 16.1 Å². The molecule has 1 aromatic rings. The summed E-state index contributed by atoms with van der Waals surface area (Å²) in [5.74, 6) is 0.424. The van der Waals surface area contributed by atoms with E-state index in [1.807, 2.05) is 20.8 Å². The molecule has 0 spiro atoms. The molecule has 1 fully saturated rings. The highest BCUT2D eigenvalue weighted by Crippen LogP contribution is 2.31. The molecule has 0 N–H and O–H groups in total. The van der Waals surface area contributed by atoms with Gasteiger partial charge in [0.25, 0.3) is 0 Å². The molecule has 0 aliphatic carbocycles. The first-order valence-electron chi connectivity index (χ1n) is 8.21. The molecule has 0 radical (unpaired) electrons. The fraction of sp³-hybridized carbons (Fsp3) is 0.444. The van der Waals surface area contributed by atoms with E-state index in [-0.39, 0.29) is 5.91 Å². The number of nitriles is 1. The lowest BCUT2D eigenvalue weighted by atomic mass is 10.1. The largest absolute Gasteiger partial charge is 0.463 e. The van der Waals surface area contributed by atoms with E-state index >= 15 is 0 Å². The molecule has 0 aromatic carbocycles. The van der Waals surface area contributed by atoms with Crippen molar-refractivity contribution in [3.8, 4) is 6.07 Å². The third-order valence-corrected chi connectivity index (χ3v) is 6.05. The Balaban J connectivity index is 2.08. The third-order valence-electron chi connectivity index (χ3n) is 4.07. The molecule has 6 nitrogen and oxygen atoms in total. The molecule has 0 bridgehead atoms. The molecule has 26 heavy (non-hydrogen) atoms. The first-order valence-corrected chi connectivity index (χ1v) is 10.2. The SMILES string of the molecule is CCOC(=O)/C=C1\SCC(=O)N1CCSc1nc(C)c(C)c(C)c1C#N. The van der Waals surface area contributed by atoms with Crippen molar-refractivity contribution >= 4 is 35.4 Å². The lowest BCUT2D eigenvalue weighted by Gasteiger charge is -2.17. The Morgan fingerprint density at radius 2 is 2.15 bits per heavy atom. The fourth-order valence-electron chi connectivity index (χ4n) is 2.43. The predicted molar refractivity (Wildman–Crippen MR) is 103 cm³/mol. The second kappa shape index (κ2) is 9.10. The van der Waals surface area contributed by atoms with Crippen molar-refractivity contribution in [2.75, 3.05) is 24.7 Å². The number of amides is 1. The second-order valence-electron chi connectivity index (χ2n) is 5.66. The number of carbonyl (C=O) groups is 2. The highest BCUT2D eigenvalue weighted by molar-refractivity contribution is 8.04. The normalized spacial score (nSPS) is 15.4. The Kier molecular flexibility index (Phi) is 7.12. The fourth-order valence-corrected chi connectivity index (χ4v) is 4.40. The van der Waals surface area contributed by atoms with Gasteiger partial charge in [-0.2, -0.15) is 5.26 Å². The summed E-state index contributed by atoms with van der Waals surface area (Å²) in [6, 6.07) is 2.23. The average Bonchev–Trinajstić information content (AvgIpc) is 2.93. The number of ether oxygens (including phenoxy) is 1. The van der Waals surface area contributed by atoms with Crippen molar-refractivity contribution in [3.05, 3.63) is 33.5 Å². The minimum absolute atomic E-state index is 0.0316. The van der Waals surface area contributed by atoms with E-state index < -0.39 is 5.97 Å². The topological polar surface area (TPSA) is 83.3 Å². The molecule has 8 heteroatoms. The van der Waals surface area contributed by atoms with Crippen molar-refractivity contribution in [2.45, 2.75) is 32.7 Å². The maximum atomic E-state index is 12.1. The van der Waals surface area contributed by atoms with Gasteiger partial charge in [0.2, 0.25) is 5.91 Å². The predicted octanol–water partition coefficient (Wildman–Crippen LogP) is 2.95. The molecule has 1 amide bonds. The van der Waals surface area contributed by atoms with Crippen LogP contribution in [0.5, 0.6) is 0 Å². The minimum atomic E-state index is -0.444. The second-order valence-corrected chi connectivity index (χ2v) is 7.74. The van der Waals surface area contributed by atoms with Gasteiger partial charge in [-0.15, -0.1) is 11.8 Å². The Morgan fingerprint density at radius 3 is 2.81 bits per heavy atom. The minimum Gasteiger partial charge on any atom is -0.463 e. The Morgan fingerprint density at radius 1 is 1.42 bits per heavy atom. The number of aryl methyl sites for hydroxylation is 1. The van der Waals surface area contributed by atoms with E-state index in [4.69, 9.17) is 4.74 Å². The Bertz CT molecular complexity index is 800. The van der Waals surface area contributed by atoms with Crippen LogP contribution in [0.4, 0.5) is 0 Å². The van der Waals surface area contributed by atoms with Gasteiger partial charge in [-0.25, -0.2) is 9.78 Å². The van der Waals surface area contributed by atoms with Crippen LogP contribution in [-0.2, 0) is 14.3 Å². The molecule has 1 saturated heterocycles. The van der Waals surface area contributed by atoms with E-state index in [1.54, 1.807) is 11.8 Å². The molecule has 2 heterocycles. The number of hydrogen-bond acceptors (Lipinski definition) is 7. The van der Waals surface area contributed by atoms with Gasteiger partial charge in [-0.1, -0.05) is 11.8 Å². The van der Waals surface area contributed by atoms with Crippen LogP contribution in [0.25, 0.3) is 0 Å². The first kappa shape index (κ1) is 20.3.